The predicted molar refractivity (Wildman–Crippen MR) is 75.3 cm³/mol. The van der Waals surface area contributed by atoms with E-state index in [1.54, 1.807) is 12.1 Å². The molecule has 19 heavy (non-hydrogen) atoms. The fraction of sp³-hybridized carbons (Fsp3) is 0.231. The number of ether oxygens (including phenoxy) is 1. The normalized spacial score (nSPS) is 11.9. The average Bonchev–Trinajstić information content (AvgIpc) is 2.86. The van der Waals surface area contributed by atoms with Gasteiger partial charge in [0, 0.05) is 11.4 Å². The number of nitrogens with zero attached hydrogens (tertiary/aromatic N) is 1. The van der Waals surface area contributed by atoms with Gasteiger partial charge in [0.25, 0.3) is 5.91 Å². The summed E-state index contributed by atoms with van der Waals surface area (Å²) in [4.78, 5) is 15.9. The highest BCUT2D eigenvalue weighted by atomic mass is 32.1. The van der Waals surface area contributed by atoms with Crippen LogP contribution < -0.4 is 15.8 Å². The molecule has 0 saturated carbocycles. The minimum absolute atomic E-state index is 0.0445. The van der Waals surface area contributed by atoms with Gasteiger partial charge in [-0.2, -0.15) is 0 Å². The summed E-state index contributed by atoms with van der Waals surface area (Å²) in [6.45, 7) is 1.80. The molecule has 2 rings (SSSR count). The lowest BCUT2D eigenvalue weighted by Crippen LogP contribution is -2.20. The molecule has 3 N–H and O–H groups in total. The Morgan fingerprint density at radius 2 is 2.21 bits per heavy atom. The van der Waals surface area contributed by atoms with E-state index in [-0.39, 0.29) is 18.6 Å². The van der Waals surface area contributed by atoms with E-state index >= 15 is 0 Å². The smallest absolute Gasteiger partial charge is 0.264 e. The van der Waals surface area contributed by atoms with E-state index in [1.165, 1.54) is 11.3 Å². The van der Waals surface area contributed by atoms with Gasteiger partial charge in [-0.05, 0) is 19.1 Å². The molecule has 2 aromatic rings. The Kier molecular flexibility index (Phi) is 4.48. The van der Waals surface area contributed by atoms with Crippen LogP contribution in [-0.2, 0) is 4.79 Å². The first-order chi connectivity index (χ1) is 9.15. The first kappa shape index (κ1) is 13.5. The van der Waals surface area contributed by atoms with Crippen molar-refractivity contribution in [3.05, 3.63) is 41.4 Å². The van der Waals surface area contributed by atoms with Gasteiger partial charge in [0.15, 0.2) is 11.7 Å². The molecule has 0 aliphatic carbocycles. The lowest BCUT2D eigenvalue weighted by molar-refractivity contribution is -0.118. The number of nitrogens with one attached hydrogen (secondary N) is 1. The van der Waals surface area contributed by atoms with Crippen LogP contribution in [0.15, 0.2) is 35.7 Å². The van der Waals surface area contributed by atoms with Gasteiger partial charge in [0.05, 0.1) is 5.69 Å². The van der Waals surface area contributed by atoms with Gasteiger partial charge >= 0.3 is 0 Å². The molecule has 5 nitrogen and oxygen atoms in total. The Morgan fingerprint density at radius 1 is 1.47 bits per heavy atom. The van der Waals surface area contributed by atoms with Crippen LogP contribution >= 0.6 is 11.3 Å². The Morgan fingerprint density at radius 3 is 2.84 bits per heavy atom. The largest absolute Gasteiger partial charge is 0.484 e. The van der Waals surface area contributed by atoms with Crippen molar-refractivity contribution in [1.82, 2.24) is 4.98 Å². The second-order valence-electron chi connectivity index (χ2n) is 4.02. The van der Waals surface area contributed by atoms with E-state index in [1.807, 2.05) is 30.5 Å². The third-order valence-electron chi connectivity index (χ3n) is 2.35. The van der Waals surface area contributed by atoms with Crippen molar-refractivity contribution in [3.8, 4) is 5.75 Å². The summed E-state index contributed by atoms with van der Waals surface area (Å²) in [5, 5.41) is 5.04. The molecule has 0 spiro atoms. The second-order valence-corrected chi connectivity index (χ2v) is 4.87. The standard InChI is InChI=1S/C13H15N3O2S/c1-9(14)11-8-19-13(15-11)16-12(17)7-18-10-5-3-2-4-6-10/h2-6,8-9H,7,14H2,1H3,(H,15,16,17). The maximum atomic E-state index is 11.7. The number of amides is 1. The molecule has 1 heterocycles. The van der Waals surface area contributed by atoms with Gasteiger partial charge in [0.1, 0.15) is 5.75 Å². The van der Waals surface area contributed by atoms with E-state index in [0.717, 1.165) is 5.69 Å². The van der Waals surface area contributed by atoms with Crippen LogP contribution in [0.25, 0.3) is 0 Å². The van der Waals surface area contributed by atoms with Gasteiger partial charge in [-0.25, -0.2) is 4.98 Å². The Hall–Kier alpha value is -1.92. The molecular weight excluding hydrogens is 262 g/mol. The van der Waals surface area contributed by atoms with Crippen molar-refractivity contribution < 1.29 is 9.53 Å². The molecule has 0 aliphatic rings. The van der Waals surface area contributed by atoms with Crippen molar-refractivity contribution in [2.75, 3.05) is 11.9 Å². The average molecular weight is 277 g/mol. The van der Waals surface area contributed by atoms with Gasteiger partial charge in [-0.1, -0.05) is 18.2 Å². The molecule has 1 aromatic heterocycles. The summed E-state index contributed by atoms with van der Waals surface area (Å²) in [6.07, 6.45) is 0. The second kappa shape index (κ2) is 6.31. The van der Waals surface area contributed by atoms with E-state index in [4.69, 9.17) is 10.5 Å². The fourth-order valence-corrected chi connectivity index (χ4v) is 2.20. The van der Waals surface area contributed by atoms with Crippen LogP contribution in [0.4, 0.5) is 5.13 Å². The molecule has 0 saturated heterocycles. The molecule has 0 radical (unpaired) electrons. The summed E-state index contributed by atoms with van der Waals surface area (Å²) in [5.41, 5.74) is 6.47. The predicted octanol–water partition coefficient (Wildman–Crippen LogP) is 2.18. The molecule has 0 fully saturated rings. The molecule has 0 bridgehead atoms. The van der Waals surface area contributed by atoms with E-state index in [9.17, 15) is 4.79 Å². The van der Waals surface area contributed by atoms with Gasteiger partial charge in [-0.15, -0.1) is 11.3 Å². The number of thiazole rings is 1. The number of carbonyl (C=O) groups excluding carboxylic acids is 1. The minimum Gasteiger partial charge on any atom is -0.484 e. The monoisotopic (exact) mass is 277 g/mol. The molecule has 1 unspecified atom stereocenters. The highest BCUT2D eigenvalue weighted by molar-refractivity contribution is 7.13. The number of aromatic nitrogens is 1. The number of rotatable bonds is 5. The zero-order chi connectivity index (χ0) is 13.7. The maximum Gasteiger partial charge on any atom is 0.264 e. The van der Waals surface area contributed by atoms with Crippen LogP contribution in [0.2, 0.25) is 0 Å². The first-order valence-corrected chi connectivity index (χ1v) is 6.72. The van der Waals surface area contributed by atoms with Crippen LogP contribution in [0.3, 0.4) is 0 Å². The van der Waals surface area contributed by atoms with Crippen molar-refractivity contribution in [2.45, 2.75) is 13.0 Å². The third kappa shape index (κ3) is 4.04. The number of nitrogens with two attached hydrogens (primary N) is 1. The summed E-state index contributed by atoms with van der Waals surface area (Å²) in [6, 6.07) is 9.04. The van der Waals surface area contributed by atoms with E-state index < -0.39 is 0 Å². The molecule has 100 valence electrons. The quantitative estimate of drug-likeness (QED) is 0.878. The number of anilines is 1. The number of carbonyl (C=O) groups is 1. The van der Waals surface area contributed by atoms with Crippen LogP contribution in [0.5, 0.6) is 5.75 Å². The Balaban J connectivity index is 1.84. The third-order valence-corrected chi connectivity index (χ3v) is 3.12. The van der Waals surface area contributed by atoms with Gasteiger partial charge in [0.2, 0.25) is 0 Å². The van der Waals surface area contributed by atoms with Gasteiger partial charge < -0.3 is 10.5 Å². The topological polar surface area (TPSA) is 77.2 Å². The molecule has 1 atom stereocenters. The summed E-state index contributed by atoms with van der Waals surface area (Å²) >= 11 is 1.35. The zero-order valence-corrected chi connectivity index (χ0v) is 11.3. The lowest BCUT2D eigenvalue weighted by atomic mass is 10.3. The van der Waals surface area contributed by atoms with E-state index in [0.29, 0.717) is 10.9 Å². The zero-order valence-electron chi connectivity index (χ0n) is 10.5. The van der Waals surface area contributed by atoms with Crippen LogP contribution in [-0.4, -0.2) is 17.5 Å². The van der Waals surface area contributed by atoms with Crippen molar-refractivity contribution in [2.24, 2.45) is 5.73 Å². The van der Waals surface area contributed by atoms with Crippen LogP contribution in [0.1, 0.15) is 18.7 Å². The molecule has 1 aromatic carbocycles. The summed E-state index contributed by atoms with van der Waals surface area (Å²) in [5.74, 6) is 0.419. The Bertz CT molecular complexity index is 540. The molecule has 1 amide bonds. The fourth-order valence-electron chi connectivity index (χ4n) is 1.37. The molecule has 0 aliphatic heterocycles. The molecule has 6 heteroatoms. The minimum atomic E-state index is -0.241. The Labute approximate surface area is 115 Å². The number of hydrogen-bond acceptors (Lipinski definition) is 5. The lowest BCUT2D eigenvalue weighted by Gasteiger charge is -2.05. The highest BCUT2D eigenvalue weighted by Crippen LogP contribution is 2.19. The van der Waals surface area contributed by atoms with Crippen molar-refractivity contribution in [3.63, 3.8) is 0 Å². The van der Waals surface area contributed by atoms with Gasteiger partial charge in [-0.3, -0.25) is 10.1 Å². The SMILES string of the molecule is CC(N)c1csc(NC(=O)COc2ccccc2)n1. The maximum absolute atomic E-state index is 11.7. The first-order valence-electron chi connectivity index (χ1n) is 5.84. The summed E-state index contributed by atoms with van der Waals surface area (Å²) < 4.78 is 5.33. The highest BCUT2D eigenvalue weighted by Gasteiger charge is 2.09. The van der Waals surface area contributed by atoms with Crippen molar-refractivity contribution in [1.29, 1.82) is 0 Å². The number of benzene rings is 1. The van der Waals surface area contributed by atoms with E-state index in [2.05, 4.69) is 10.3 Å². The number of hydrogen-bond donors (Lipinski definition) is 2. The summed E-state index contributed by atoms with van der Waals surface area (Å²) in [7, 11) is 0. The van der Waals surface area contributed by atoms with Crippen molar-refractivity contribution >= 4 is 22.4 Å². The van der Waals surface area contributed by atoms with Crippen LogP contribution in [0, 0.1) is 0 Å². The number of para-hydroxylation sites is 1. The molecular formula is C13H15N3O2S.